The van der Waals surface area contributed by atoms with E-state index in [1.165, 1.54) is 16.8 Å². The molecule has 1 N–H and O–H groups in total. The van der Waals surface area contributed by atoms with Gasteiger partial charge in [0.2, 0.25) is 0 Å². The highest BCUT2D eigenvalue weighted by Crippen LogP contribution is 2.35. The minimum Gasteiger partial charge on any atom is -0.358 e. The Labute approximate surface area is 128 Å². The van der Waals surface area contributed by atoms with E-state index in [-0.39, 0.29) is 0 Å². The maximum Gasteiger partial charge on any atom is 0.0702 e. The molecule has 0 atom stereocenters. The number of aromatic amines is 1. The summed E-state index contributed by atoms with van der Waals surface area (Å²) >= 11 is 0. The zero-order valence-electron chi connectivity index (χ0n) is 14.0. The molecule has 1 aromatic carbocycles. The third-order valence-electron chi connectivity index (χ3n) is 3.84. The lowest BCUT2D eigenvalue weighted by atomic mass is 9.93. The molecule has 21 heavy (non-hydrogen) atoms. The largest absolute Gasteiger partial charge is 0.358 e. The van der Waals surface area contributed by atoms with Crippen molar-refractivity contribution in [3.63, 3.8) is 0 Å². The third-order valence-corrected chi connectivity index (χ3v) is 3.84. The van der Waals surface area contributed by atoms with Crippen LogP contribution in [0.5, 0.6) is 0 Å². The van der Waals surface area contributed by atoms with Crippen LogP contribution in [0, 0.1) is 6.92 Å². The highest BCUT2D eigenvalue weighted by atomic mass is 14.8. The fourth-order valence-electron chi connectivity index (χ4n) is 2.58. The minimum absolute atomic E-state index is 0.473. The Hall–Kier alpha value is -1.83. The fourth-order valence-corrected chi connectivity index (χ4v) is 2.58. The summed E-state index contributed by atoms with van der Waals surface area (Å²) in [6.45, 7) is 13.1. The maximum absolute atomic E-state index is 4.97. The van der Waals surface area contributed by atoms with Crippen molar-refractivity contribution in [2.75, 3.05) is 0 Å². The second-order valence-electron chi connectivity index (χ2n) is 6.35. The molecule has 0 amide bonds. The zero-order chi connectivity index (χ0) is 15.6. The number of benzene rings is 1. The molecule has 0 saturated heterocycles. The molecule has 0 fully saturated rings. The molecule has 0 radical (unpaired) electrons. The van der Waals surface area contributed by atoms with Crippen molar-refractivity contribution in [3.8, 4) is 0 Å². The van der Waals surface area contributed by atoms with Gasteiger partial charge in [0.25, 0.3) is 0 Å². The highest BCUT2D eigenvalue weighted by molar-refractivity contribution is 5.99. The molecule has 1 heterocycles. The standard InChI is InChI=1S/C19H26N2/c1-12(2)16-8-7-9-17(13(3)4)19(16)21-15(6)18-11-10-14(5)20-18/h7-13,20H,1-6H3. The van der Waals surface area contributed by atoms with Crippen LogP contribution in [0.2, 0.25) is 0 Å². The van der Waals surface area contributed by atoms with Crippen LogP contribution in [0.15, 0.2) is 35.3 Å². The van der Waals surface area contributed by atoms with Crippen molar-refractivity contribution in [2.45, 2.75) is 53.4 Å². The molecule has 0 aliphatic carbocycles. The van der Waals surface area contributed by atoms with Crippen LogP contribution in [0.3, 0.4) is 0 Å². The number of aliphatic imine (C=N–C) groups is 1. The van der Waals surface area contributed by atoms with E-state index in [2.05, 4.69) is 76.9 Å². The lowest BCUT2D eigenvalue weighted by molar-refractivity contribution is 0.834. The average Bonchev–Trinajstić information content (AvgIpc) is 2.85. The van der Waals surface area contributed by atoms with Gasteiger partial charge in [0.1, 0.15) is 0 Å². The van der Waals surface area contributed by atoms with Crippen LogP contribution in [-0.2, 0) is 0 Å². The van der Waals surface area contributed by atoms with E-state index in [4.69, 9.17) is 4.99 Å². The van der Waals surface area contributed by atoms with Gasteiger partial charge in [-0.25, -0.2) is 0 Å². The molecule has 112 valence electrons. The Kier molecular flexibility index (Phi) is 4.66. The summed E-state index contributed by atoms with van der Waals surface area (Å²) < 4.78 is 0. The van der Waals surface area contributed by atoms with Crippen LogP contribution in [0.25, 0.3) is 0 Å². The fraction of sp³-hybridized carbons (Fsp3) is 0.421. The van der Waals surface area contributed by atoms with E-state index in [9.17, 15) is 0 Å². The molecule has 1 aromatic heterocycles. The quantitative estimate of drug-likeness (QED) is 0.696. The molecule has 2 nitrogen and oxygen atoms in total. The van der Waals surface area contributed by atoms with Crippen molar-refractivity contribution < 1.29 is 0 Å². The summed E-state index contributed by atoms with van der Waals surface area (Å²) in [4.78, 5) is 8.33. The Morgan fingerprint density at radius 2 is 1.52 bits per heavy atom. The molecule has 0 spiro atoms. The Balaban J connectivity index is 2.56. The number of aromatic nitrogens is 1. The summed E-state index contributed by atoms with van der Waals surface area (Å²) in [5, 5.41) is 0. The number of hydrogen-bond donors (Lipinski definition) is 1. The zero-order valence-corrected chi connectivity index (χ0v) is 14.0. The van der Waals surface area contributed by atoms with Crippen LogP contribution >= 0.6 is 0 Å². The van der Waals surface area contributed by atoms with Crippen LogP contribution in [-0.4, -0.2) is 10.7 Å². The summed E-state index contributed by atoms with van der Waals surface area (Å²) in [5.74, 6) is 0.946. The molecular formula is C19H26N2. The monoisotopic (exact) mass is 282 g/mol. The molecule has 2 aromatic rings. The first-order valence-electron chi connectivity index (χ1n) is 7.74. The van der Waals surface area contributed by atoms with E-state index >= 15 is 0 Å². The Bertz CT molecular complexity index is 619. The number of nitrogens with one attached hydrogen (secondary N) is 1. The first-order valence-corrected chi connectivity index (χ1v) is 7.74. The molecule has 0 aliphatic heterocycles. The van der Waals surface area contributed by atoms with E-state index in [0.29, 0.717) is 11.8 Å². The normalized spacial score (nSPS) is 12.5. The van der Waals surface area contributed by atoms with Gasteiger partial charge in [0.15, 0.2) is 0 Å². The van der Waals surface area contributed by atoms with Crippen LogP contribution in [0.1, 0.15) is 69.0 Å². The maximum atomic E-state index is 4.97. The van der Waals surface area contributed by atoms with Crippen molar-refractivity contribution in [1.29, 1.82) is 0 Å². The molecule has 0 aliphatic rings. The van der Waals surface area contributed by atoms with E-state index in [1.807, 2.05) is 0 Å². The van der Waals surface area contributed by atoms with Gasteiger partial charge in [0.05, 0.1) is 17.1 Å². The van der Waals surface area contributed by atoms with E-state index in [1.54, 1.807) is 0 Å². The predicted octanol–water partition coefficient (Wildman–Crippen LogP) is 5.71. The molecule has 0 unspecified atom stereocenters. The number of hydrogen-bond acceptors (Lipinski definition) is 1. The first kappa shape index (κ1) is 15.6. The Morgan fingerprint density at radius 3 is 1.95 bits per heavy atom. The summed E-state index contributed by atoms with van der Waals surface area (Å²) in [7, 11) is 0. The van der Waals surface area contributed by atoms with Crippen LogP contribution in [0.4, 0.5) is 5.69 Å². The number of H-pyrrole nitrogens is 1. The van der Waals surface area contributed by atoms with Gasteiger partial charge in [-0.1, -0.05) is 45.9 Å². The lowest BCUT2D eigenvalue weighted by Gasteiger charge is -2.17. The summed E-state index contributed by atoms with van der Waals surface area (Å²) in [5.41, 5.74) is 7.10. The second-order valence-corrected chi connectivity index (χ2v) is 6.35. The molecule has 2 rings (SSSR count). The summed E-state index contributed by atoms with van der Waals surface area (Å²) in [6, 6.07) is 10.7. The van der Waals surface area contributed by atoms with Crippen LogP contribution < -0.4 is 0 Å². The van der Waals surface area contributed by atoms with Crippen molar-refractivity contribution >= 4 is 11.4 Å². The van der Waals surface area contributed by atoms with Gasteiger partial charge < -0.3 is 4.98 Å². The number of para-hydroxylation sites is 1. The van der Waals surface area contributed by atoms with Gasteiger partial charge >= 0.3 is 0 Å². The van der Waals surface area contributed by atoms with Crippen molar-refractivity contribution in [1.82, 2.24) is 4.98 Å². The van der Waals surface area contributed by atoms with E-state index < -0.39 is 0 Å². The second kappa shape index (κ2) is 6.30. The van der Waals surface area contributed by atoms with Gasteiger partial charge in [0, 0.05) is 5.69 Å². The SMILES string of the molecule is CC(=Nc1c(C(C)C)cccc1C(C)C)c1ccc(C)[nH]1. The number of rotatable bonds is 4. The first-order chi connectivity index (χ1) is 9.90. The Morgan fingerprint density at radius 1 is 0.952 bits per heavy atom. The number of aryl methyl sites for hydroxylation is 1. The molecule has 0 saturated carbocycles. The van der Waals surface area contributed by atoms with Gasteiger partial charge in [-0.15, -0.1) is 0 Å². The van der Waals surface area contributed by atoms with Gasteiger partial charge in [-0.2, -0.15) is 0 Å². The molecule has 0 bridgehead atoms. The van der Waals surface area contributed by atoms with Crippen molar-refractivity contribution in [3.05, 3.63) is 52.8 Å². The molecular weight excluding hydrogens is 256 g/mol. The van der Waals surface area contributed by atoms with Gasteiger partial charge in [-0.3, -0.25) is 4.99 Å². The summed E-state index contributed by atoms with van der Waals surface area (Å²) in [6.07, 6.45) is 0. The molecule has 2 heteroatoms. The van der Waals surface area contributed by atoms with E-state index in [0.717, 1.165) is 17.1 Å². The third kappa shape index (κ3) is 3.44. The highest BCUT2D eigenvalue weighted by Gasteiger charge is 2.13. The smallest absolute Gasteiger partial charge is 0.0702 e. The topological polar surface area (TPSA) is 28.1 Å². The number of nitrogens with zero attached hydrogens (tertiary/aromatic N) is 1. The van der Waals surface area contributed by atoms with Gasteiger partial charge in [-0.05, 0) is 48.9 Å². The lowest BCUT2D eigenvalue weighted by Crippen LogP contribution is -1.99. The predicted molar refractivity (Wildman–Crippen MR) is 92.0 cm³/mol. The average molecular weight is 282 g/mol. The minimum atomic E-state index is 0.473. The van der Waals surface area contributed by atoms with Crippen molar-refractivity contribution in [2.24, 2.45) is 4.99 Å².